The van der Waals surface area contributed by atoms with Crippen LogP contribution in [-0.4, -0.2) is 33.3 Å². The van der Waals surface area contributed by atoms with Crippen LogP contribution in [0.1, 0.15) is 46.2 Å². The Morgan fingerprint density at radius 1 is 1.07 bits per heavy atom. The van der Waals surface area contributed by atoms with Gasteiger partial charge in [0, 0.05) is 18.9 Å². The number of aromatic nitrogens is 2. The highest BCUT2D eigenvalue weighted by atomic mass is 16.5. The van der Waals surface area contributed by atoms with Gasteiger partial charge in [0.25, 0.3) is 0 Å². The molecule has 0 spiro atoms. The van der Waals surface area contributed by atoms with Gasteiger partial charge in [-0.1, -0.05) is 48.5 Å². The lowest BCUT2D eigenvalue weighted by atomic mass is 9.98. The summed E-state index contributed by atoms with van der Waals surface area (Å²) in [6.45, 7) is 0.756. The summed E-state index contributed by atoms with van der Waals surface area (Å²) in [5, 5.41) is 12.1. The fourth-order valence-corrected chi connectivity index (χ4v) is 4.52. The number of carbonyl (C=O) groups excluding carboxylic acids is 1. The standard InChI is InChI=1S/C23H21N3O4/c27-22(28)20-21(24-19-11-5-6-12-26(19)20)25-23(29)30-13-18-16-9-3-1-7-14(16)15-8-2-4-10-17(15)18/h1-4,7-10,18H,5-6,11-13H2,(H,25,29)(H,27,28). The molecule has 30 heavy (non-hydrogen) atoms. The number of aryl methyl sites for hydroxylation is 1. The molecule has 1 aromatic heterocycles. The van der Waals surface area contributed by atoms with E-state index in [1.54, 1.807) is 4.57 Å². The first-order valence-corrected chi connectivity index (χ1v) is 10.1. The summed E-state index contributed by atoms with van der Waals surface area (Å²) in [5.74, 6) is -0.425. The van der Waals surface area contributed by atoms with Gasteiger partial charge < -0.3 is 14.4 Å². The molecule has 1 aliphatic heterocycles. The van der Waals surface area contributed by atoms with Crippen LogP contribution in [0.3, 0.4) is 0 Å². The van der Waals surface area contributed by atoms with Gasteiger partial charge in [-0.3, -0.25) is 5.32 Å². The second-order valence-electron chi connectivity index (χ2n) is 7.59. The van der Waals surface area contributed by atoms with Crippen molar-refractivity contribution in [1.82, 2.24) is 9.55 Å². The minimum absolute atomic E-state index is 0.0122. The molecule has 1 amide bonds. The first-order valence-electron chi connectivity index (χ1n) is 10.1. The number of rotatable bonds is 4. The Kier molecular flexibility index (Phi) is 4.50. The Bertz CT molecular complexity index is 1110. The molecule has 7 heteroatoms. The van der Waals surface area contributed by atoms with Crippen molar-refractivity contribution >= 4 is 17.9 Å². The highest BCUT2D eigenvalue weighted by Gasteiger charge is 2.30. The highest BCUT2D eigenvalue weighted by Crippen LogP contribution is 2.44. The van der Waals surface area contributed by atoms with Crippen LogP contribution in [0.25, 0.3) is 11.1 Å². The van der Waals surface area contributed by atoms with E-state index in [1.165, 1.54) is 0 Å². The Balaban J connectivity index is 1.34. The van der Waals surface area contributed by atoms with Crippen LogP contribution >= 0.6 is 0 Å². The van der Waals surface area contributed by atoms with Gasteiger partial charge in [-0.15, -0.1) is 0 Å². The van der Waals surface area contributed by atoms with E-state index in [4.69, 9.17) is 4.74 Å². The van der Waals surface area contributed by atoms with E-state index in [-0.39, 0.29) is 24.0 Å². The summed E-state index contributed by atoms with van der Waals surface area (Å²) in [6, 6.07) is 16.2. The average molecular weight is 403 g/mol. The molecule has 0 radical (unpaired) electrons. The van der Waals surface area contributed by atoms with Gasteiger partial charge in [0.2, 0.25) is 0 Å². The van der Waals surface area contributed by atoms with E-state index in [2.05, 4.69) is 22.4 Å². The smallest absolute Gasteiger partial charge is 0.412 e. The summed E-state index contributed by atoms with van der Waals surface area (Å²) >= 11 is 0. The number of carbonyl (C=O) groups is 2. The molecule has 2 heterocycles. The van der Waals surface area contributed by atoms with Gasteiger partial charge in [-0.05, 0) is 35.1 Å². The van der Waals surface area contributed by atoms with E-state index < -0.39 is 12.1 Å². The number of nitrogens with zero attached hydrogens (tertiary/aromatic N) is 2. The quantitative estimate of drug-likeness (QED) is 0.678. The zero-order chi connectivity index (χ0) is 20.7. The molecule has 3 aromatic rings. The predicted molar refractivity (Wildman–Crippen MR) is 111 cm³/mol. The molecular weight excluding hydrogens is 382 g/mol. The molecule has 0 bridgehead atoms. The molecule has 0 saturated carbocycles. The van der Waals surface area contributed by atoms with Crippen molar-refractivity contribution in [1.29, 1.82) is 0 Å². The van der Waals surface area contributed by atoms with Crippen molar-refractivity contribution in [2.24, 2.45) is 0 Å². The second-order valence-corrected chi connectivity index (χ2v) is 7.59. The molecule has 7 nitrogen and oxygen atoms in total. The summed E-state index contributed by atoms with van der Waals surface area (Å²) < 4.78 is 7.19. The first kappa shape index (κ1) is 18.4. The molecular formula is C23H21N3O4. The lowest BCUT2D eigenvalue weighted by molar-refractivity contribution is 0.0685. The molecule has 5 rings (SSSR count). The lowest BCUT2D eigenvalue weighted by Crippen LogP contribution is -2.20. The third-order valence-corrected chi connectivity index (χ3v) is 5.85. The molecule has 0 fully saturated rings. The number of benzene rings is 2. The fraction of sp³-hybridized carbons (Fsp3) is 0.261. The number of carboxylic acids is 1. The Labute approximate surface area is 173 Å². The largest absolute Gasteiger partial charge is 0.476 e. The molecule has 152 valence electrons. The number of carboxylic acid groups (broad SMARTS) is 1. The van der Waals surface area contributed by atoms with E-state index in [0.29, 0.717) is 18.8 Å². The zero-order valence-electron chi connectivity index (χ0n) is 16.3. The lowest BCUT2D eigenvalue weighted by Gasteiger charge is -2.15. The van der Waals surface area contributed by atoms with E-state index in [0.717, 1.165) is 35.1 Å². The SMILES string of the molecule is O=C(Nc1nc2n(c1C(=O)O)CCCC2)OCC1c2ccccc2-c2ccccc21. The fourth-order valence-electron chi connectivity index (χ4n) is 4.52. The van der Waals surface area contributed by atoms with E-state index in [9.17, 15) is 14.7 Å². The topological polar surface area (TPSA) is 93.5 Å². The van der Waals surface area contributed by atoms with Crippen LogP contribution in [-0.2, 0) is 17.7 Å². The van der Waals surface area contributed by atoms with Gasteiger partial charge in [-0.2, -0.15) is 0 Å². The number of hydrogen-bond acceptors (Lipinski definition) is 4. The van der Waals surface area contributed by atoms with Gasteiger partial charge in [-0.25, -0.2) is 14.6 Å². The number of amides is 1. The highest BCUT2D eigenvalue weighted by molar-refractivity contribution is 5.96. The Morgan fingerprint density at radius 2 is 1.73 bits per heavy atom. The van der Waals surface area contributed by atoms with Gasteiger partial charge >= 0.3 is 12.1 Å². The van der Waals surface area contributed by atoms with E-state index in [1.807, 2.05) is 36.4 Å². The van der Waals surface area contributed by atoms with Gasteiger partial charge in [0.1, 0.15) is 12.4 Å². The number of imidazole rings is 1. The second kappa shape index (κ2) is 7.33. The molecule has 0 unspecified atom stereocenters. The summed E-state index contributed by atoms with van der Waals surface area (Å²) in [4.78, 5) is 28.6. The van der Waals surface area contributed by atoms with Crippen LogP contribution < -0.4 is 5.32 Å². The number of hydrogen-bond donors (Lipinski definition) is 2. The maximum Gasteiger partial charge on any atom is 0.412 e. The molecule has 0 saturated heterocycles. The van der Waals surface area contributed by atoms with Crippen LogP contribution in [0.4, 0.5) is 10.6 Å². The van der Waals surface area contributed by atoms with E-state index >= 15 is 0 Å². The normalized spacial score (nSPS) is 14.5. The van der Waals surface area contributed by atoms with Gasteiger partial charge in [0.15, 0.2) is 11.5 Å². The van der Waals surface area contributed by atoms with Gasteiger partial charge in [0.05, 0.1) is 0 Å². The summed E-state index contributed by atoms with van der Waals surface area (Å²) in [6.07, 6.45) is 1.86. The van der Waals surface area contributed by atoms with Crippen LogP contribution in [0.5, 0.6) is 0 Å². The first-order chi connectivity index (χ1) is 14.6. The number of nitrogens with one attached hydrogen (secondary N) is 1. The molecule has 2 N–H and O–H groups in total. The number of fused-ring (bicyclic) bond motifs is 4. The van der Waals surface area contributed by atoms with Crippen LogP contribution in [0.2, 0.25) is 0 Å². The maximum atomic E-state index is 12.5. The summed E-state index contributed by atoms with van der Waals surface area (Å²) in [7, 11) is 0. The predicted octanol–water partition coefficient (Wildman–Crippen LogP) is 4.28. The third kappa shape index (κ3) is 3.03. The number of ether oxygens (including phenoxy) is 1. The third-order valence-electron chi connectivity index (χ3n) is 5.85. The molecule has 1 aliphatic carbocycles. The van der Waals surface area contributed by atoms with Crippen molar-refractivity contribution < 1.29 is 19.4 Å². The molecule has 2 aliphatic rings. The van der Waals surface area contributed by atoms with Crippen LogP contribution in [0.15, 0.2) is 48.5 Å². The average Bonchev–Trinajstić information content (AvgIpc) is 3.27. The van der Waals surface area contributed by atoms with Crippen molar-refractivity contribution in [3.05, 3.63) is 71.2 Å². The molecule has 0 atom stereocenters. The van der Waals surface area contributed by atoms with Crippen molar-refractivity contribution in [3.8, 4) is 11.1 Å². The minimum Gasteiger partial charge on any atom is -0.476 e. The van der Waals surface area contributed by atoms with Crippen LogP contribution in [0, 0.1) is 0 Å². The monoisotopic (exact) mass is 403 g/mol. The Hall–Kier alpha value is -3.61. The summed E-state index contributed by atoms with van der Waals surface area (Å²) in [5.41, 5.74) is 4.55. The van der Waals surface area contributed by atoms with Crippen molar-refractivity contribution in [3.63, 3.8) is 0 Å². The molecule has 2 aromatic carbocycles. The number of anilines is 1. The maximum absolute atomic E-state index is 12.5. The number of aromatic carboxylic acids is 1. The zero-order valence-corrected chi connectivity index (χ0v) is 16.3. The minimum atomic E-state index is -1.11. The van der Waals surface area contributed by atoms with Crippen molar-refractivity contribution in [2.75, 3.05) is 11.9 Å². The van der Waals surface area contributed by atoms with Crippen molar-refractivity contribution in [2.45, 2.75) is 31.7 Å². The Morgan fingerprint density at radius 3 is 2.40 bits per heavy atom.